The van der Waals surface area contributed by atoms with Gasteiger partial charge in [-0.1, -0.05) is 0 Å². The number of morpholine rings is 1. The zero-order chi connectivity index (χ0) is 18.1. The van der Waals surface area contributed by atoms with Crippen molar-refractivity contribution in [3.05, 3.63) is 29.6 Å². The van der Waals surface area contributed by atoms with E-state index in [0.29, 0.717) is 18.7 Å². The van der Waals surface area contributed by atoms with Crippen LogP contribution in [0.25, 0.3) is 0 Å². The molecule has 0 unspecified atom stereocenters. The molecule has 8 heteroatoms. The average Bonchev–Trinajstić information content (AvgIpc) is 2.62. The Morgan fingerprint density at radius 3 is 2.64 bits per heavy atom. The van der Waals surface area contributed by atoms with Crippen LogP contribution in [0, 0.1) is 0 Å². The first-order valence-electron chi connectivity index (χ1n) is 8.53. The minimum Gasteiger partial charge on any atom is -0.379 e. The van der Waals surface area contributed by atoms with E-state index in [4.69, 9.17) is 4.74 Å². The smallest absolute Gasteiger partial charge is 0.269 e. The number of carbonyl (C=O) groups is 2. The van der Waals surface area contributed by atoms with Gasteiger partial charge in [0, 0.05) is 51.0 Å². The highest BCUT2D eigenvalue weighted by atomic mass is 16.5. The fourth-order valence-corrected chi connectivity index (χ4v) is 2.43. The Bertz CT molecular complexity index is 573. The van der Waals surface area contributed by atoms with Crippen LogP contribution >= 0.6 is 0 Å². The predicted molar refractivity (Wildman–Crippen MR) is 94.7 cm³/mol. The molecule has 0 spiro atoms. The minimum absolute atomic E-state index is 0.196. The van der Waals surface area contributed by atoms with Crippen molar-refractivity contribution in [1.29, 1.82) is 0 Å². The second-order valence-electron chi connectivity index (χ2n) is 6.20. The second-order valence-corrected chi connectivity index (χ2v) is 6.20. The Hall–Kier alpha value is -2.03. The minimum atomic E-state index is -0.273. The lowest BCUT2D eigenvalue weighted by Crippen LogP contribution is -2.41. The number of nitrogens with one attached hydrogen (secondary N) is 2. The SMILES string of the molecule is CN(C)CCNC(=O)c1cc(C(=O)NCCN2CCOCC2)ccn1. The van der Waals surface area contributed by atoms with Gasteiger partial charge in [0.25, 0.3) is 11.8 Å². The molecular formula is C17H27N5O3. The van der Waals surface area contributed by atoms with Crippen LogP contribution in [0.15, 0.2) is 18.3 Å². The van der Waals surface area contributed by atoms with Crippen molar-refractivity contribution in [2.75, 3.05) is 66.6 Å². The standard InChI is InChI=1S/C17H27N5O3/c1-21(2)7-5-20-17(24)15-13-14(3-4-18-15)16(23)19-6-8-22-9-11-25-12-10-22/h3-4,13H,5-12H2,1-2H3,(H,19,23)(H,20,24). The van der Waals surface area contributed by atoms with E-state index in [0.717, 1.165) is 39.4 Å². The molecule has 0 atom stereocenters. The van der Waals surface area contributed by atoms with Crippen molar-refractivity contribution >= 4 is 11.8 Å². The van der Waals surface area contributed by atoms with Gasteiger partial charge in [-0.25, -0.2) is 0 Å². The maximum Gasteiger partial charge on any atom is 0.269 e. The van der Waals surface area contributed by atoms with E-state index in [1.54, 1.807) is 6.07 Å². The molecule has 0 aliphatic carbocycles. The van der Waals surface area contributed by atoms with E-state index in [-0.39, 0.29) is 17.5 Å². The molecule has 1 saturated heterocycles. The maximum atomic E-state index is 12.2. The summed E-state index contributed by atoms with van der Waals surface area (Å²) in [6, 6.07) is 3.13. The highest BCUT2D eigenvalue weighted by molar-refractivity contribution is 5.98. The van der Waals surface area contributed by atoms with Crippen LogP contribution in [0.2, 0.25) is 0 Å². The number of carbonyl (C=O) groups excluding carboxylic acids is 2. The third kappa shape index (κ3) is 6.77. The van der Waals surface area contributed by atoms with E-state index in [9.17, 15) is 9.59 Å². The summed E-state index contributed by atoms with van der Waals surface area (Å²) in [5.74, 6) is -0.470. The van der Waals surface area contributed by atoms with Crippen LogP contribution in [-0.2, 0) is 4.74 Å². The van der Waals surface area contributed by atoms with Crippen molar-refractivity contribution in [2.45, 2.75) is 0 Å². The molecule has 2 amide bonds. The molecule has 2 rings (SSSR count). The molecule has 138 valence electrons. The van der Waals surface area contributed by atoms with Gasteiger partial charge in [0.15, 0.2) is 0 Å². The van der Waals surface area contributed by atoms with Crippen molar-refractivity contribution in [2.24, 2.45) is 0 Å². The number of hydrogen-bond acceptors (Lipinski definition) is 6. The summed E-state index contributed by atoms with van der Waals surface area (Å²) < 4.78 is 5.30. The number of hydrogen-bond donors (Lipinski definition) is 2. The highest BCUT2D eigenvalue weighted by Crippen LogP contribution is 2.02. The lowest BCUT2D eigenvalue weighted by atomic mass is 10.2. The Morgan fingerprint density at radius 2 is 1.92 bits per heavy atom. The van der Waals surface area contributed by atoms with Crippen LogP contribution in [0.5, 0.6) is 0 Å². The lowest BCUT2D eigenvalue weighted by molar-refractivity contribution is 0.0383. The molecule has 0 bridgehead atoms. The Morgan fingerprint density at radius 1 is 1.20 bits per heavy atom. The molecule has 1 aliphatic rings. The van der Waals surface area contributed by atoms with Gasteiger partial charge in [-0.2, -0.15) is 0 Å². The number of ether oxygens (including phenoxy) is 1. The topological polar surface area (TPSA) is 86.8 Å². The Balaban J connectivity index is 1.80. The molecule has 2 N–H and O–H groups in total. The van der Waals surface area contributed by atoms with Crippen LogP contribution in [0.1, 0.15) is 20.8 Å². The fourth-order valence-electron chi connectivity index (χ4n) is 2.43. The Kier molecular flexibility index (Phi) is 7.77. The number of pyridine rings is 1. The molecular weight excluding hydrogens is 322 g/mol. The summed E-state index contributed by atoms with van der Waals surface area (Å²) in [5, 5.41) is 5.67. The van der Waals surface area contributed by atoms with Gasteiger partial charge in [-0.3, -0.25) is 19.5 Å². The van der Waals surface area contributed by atoms with Crippen molar-refractivity contribution in [1.82, 2.24) is 25.4 Å². The highest BCUT2D eigenvalue weighted by Gasteiger charge is 2.13. The summed E-state index contributed by atoms with van der Waals surface area (Å²) in [7, 11) is 3.87. The monoisotopic (exact) mass is 349 g/mol. The van der Waals surface area contributed by atoms with Gasteiger partial charge >= 0.3 is 0 Å². The second kappa shape index (κ2) is 10.1. The molecule has 1 fully saturated rings. The van der Waals surface area contributed by atoms with Gasteiger partial charge in [-0.05, 0) is 26.2 Å². The number of rotatable bonds is 8. The molecule has 1 aromatic rings. The third-order valence-electron chi connectivity index (χ3n) is 3.92. The third-order valence-corrected chi connectivity index (χ3v) is 3.92. The van der Waals surface area contributed by atoms with Gasteiger partial charge < -0.3 is 20.3 Å². The molecule has 0 saturated carbocycles. The summed E-state index contributed by atoms with van der Waals surface area (Å²) in [4.78, 5) is 32.6. The molecule has 8 nitrogen and oxygen atoms in total. The van der Waals surface area contributed by atoms with Crippen molar-refractivity contribution in [3.8, 4) is 0 Å². The Labute approximate surface area is 148 Å². The summed E-state index contributed by atoms with van der Waals surface area (Å²) in [6.07, 6.45) is 1.48. The van der Waals surface area contributed by atoms with E-state index in [1.165, 1.54) is 12.3 Å². The van der Waals surface area contributed by atoms with Crippen LogP contribution < -0.4 is 10.6 Å². The van der Waals surface area contributed by atoms with E-state index in [2.05, 4.69) is 20.5 Å². The first-order valence-corrected chi connectivity index (χ1v) is 8.53. The summed E-state index contributed by atoms with van der Waals surface area (Å²) in [6.45, 7) is 5.89. The molecule has 25 heavy (non-hydrogen) atoms. The summed E-state index contributed by atoms with van der Waals surface area (Å²) in [5.41, 5.74) is 0.689. The van der Waals surface area contributed by atoms with Gasteiger partial charge in [0.1, 0.15) is 5.69 Å². The quantitative estimate of drug-likeness (QED) is 0.654. The molecule has 0 radical (unpaired) electrons. The first-order chi connectivity index (χ1) is 12.1. The first kappa shape index (κ1) is 19.3. The van der Waals surface area contributed by atoms with Crippen LogP contribution in [-0.4, -0.2) is 93.2 Å². The number of likely N-dealkylation sites (N-methyl/N-ethyl adjacent to an activating group) is 1. The van der Waals surface area contributed by atoms with E-state index >= 15 is 0 Å². The molecule has 1 aliphatic heterocycles. The largest absolute Gasteiger partial charge is 0.379 e. The molecule has 2 heterocycles. The van der Waals surface area contributed by atoms with Crippen LogP contribution in [0.3, 0.4) is 0 Å². The van der Waals surface area contributed by atoms with Gasteiger partial charge in [-0.15, -0.1) is 0 Å². The van der Waals surface area contributed by atoms with Gasteiger partial charge in [0.05, 0.1) is 13.2 Å². The van der Waals surface area contributed by atoms with E-state index in [1.807, 2.05) is 19.0 Å². The zero-order valence-electron chi connectivity index (χ0n) is 15.0. The fraction of sp³-hybridized carbons (Fsp3) is 0.588. The number of aromatic nitrogens is 1. The predicted octanol–water partition coefficient (Wildman–Crippen LogP) is -0.565. The number of amides is 2. The zero-order valence-corrected chi connectivity index (χ0v) is 15.0. The molecule has 1 aromatic heterocycles. The van der Waals surface area contributed by atoms with Crippen molar-refractivity contribution < 1.29 is 14.3 Å². The number of nitrogens with zero attached hydrogens (tertiary/aromatic N) is 3. The van der Waals surface area contributed by atoms with Crippen LogP contribution in [0.4, 0.5) is 0 Å². The normalized spacial score (nSPS) is 15.2. The maximum absolute atomic E-state index is 12.2. The van der Waals surface area contributed by atoms with Crippen molar-refractivity contribution in [3.63, 3.8) is 0 Å². The lowest BCUT2D eigenvalue weighted by Gasteiger charge is -2.26. The summed E-state index contributed by atoms with van der Waals surface area (Å²) >= 11 is 0. The molecule has 0 aromatic carbocycles. The average molecular weight is 349 g/mol. The van der Waals surface area contributed by atoms with E-state index < -0.39 is 0 Å². The van der Waals surface area contributed by atoms with Gasteiger partial charge in [0.2, 0.25) is 0 Å².